The summed E-state index contributed by atoms with van der Waals surface area (Å²) in [6.07, 6.45) is 1.93. The lowest BCUT2D eigenvalue weighted by molar-refractivity contribution is 0.580. The topological polar surface area (TPSA) is 101 Å². The van der Waals surface area contributed by atoms with Gasteiger partial charge in [0.25, 0.3) is 0 Å². The van der Waals surface area contributed by atoms with Crippen LogP contribution < -0.4 is 4.72 Å². The van der Waals surface area contributed by atoms with Gasteiger partial charge in [-0.05, 0) is 12.1 Å². The number of hydrogen-bond donors (Lipinski definition) is 1. The Morgan fingerprint density at radius 2 is 2.15 bits per heavy atom. The van der Waals surface area contributed by atoms with Crippen LogP contribution in [-0.4, -0.2) is 29.7 Å². The monoisotopic (exact) mass is 291 g/mol. The second-order valence-corrected chi connectivity index (χ2v) is 5.83. The number of nitriles is 1. The molecule has 1 aromatic heterocycles. The number of nitrogens with one attached hydrogen (secondary N) is 1. The molecule has 0 atom stereocenters. The lowest BCUT2D eigenvalue weighted by Gasteiger charge is -2.06. The van der Waals surface area contributed by atoms with Crippen molar-refractivity contribution in [3.05, 3.63) is 42.0 Å². The zero-order valence-corrected chi connectivity index (χ0v) is 11.6. The first-order chi connectivity index (χ1) is 9.53. The van der Waals surface area contributed by atoms with Crippen molar-refractivity contribution in [2.45, 2.75) is 11.3 Å². The molecule has 0 fully saturated rings. The Morgan fingerprint density at radius 3 is 2.80 bits per heavy atom. The Bertz CT molecular complexity index is 745. The fourth-order valence-corrected chi connectivity index (χ4v) is 2.85. The number of aromatic nitrogens is 3. The standard InChI is InChI=1S/C12H13N5O2S/c1-17-9-14-12(16-17)6-7-15-20(18,19)11-5-3-2-4-10(11)8-13/h2-5,9,15H,6-7H2,1H3. The van der Waals surface area contributed by atoms with Crippen LogP contribution in [0.2, 0.25) is 0 Å². The second kappa shape index (κ2) is 5.81. The van der Waals surface area contributed by atoms with Crippen LogP contribution in [0.15, 0.2) is 35.5 Å². The van der Waals surface area contributed by atoms with Gasteiger partial charge in [-0.3, -0.25) is 4.68 Å². The number of nitrogens with zero attached hydrogens (tertiary/aromatic N) is 4. The van der Waals surface area contributed by atoms with Gasteiger partial charge in [0, 0.05) is 20.0 Å². The van der Waals surface area contributed by atoms with Gasteiger partial charge < -0.3 is 0 Å². The third kappa shape index (κ3) is 3.20. The zero-order chi connectivity index (χ0) is 14.6. The fourth-order valence-electron chi connectivity index (χ4n) is 1.67. The van der Waals surface area contributed by atoms with Crippen molar-refractivity contribution >= 4 is 10.0 Å². The summed E-state index contributed by atoms with van der Waals surface area (Å²) in [5, 5.41) is 13.0. The van der Waals surface area contributed by atoms with Gasteiger partial charge in [0.05, 0.1) is 10.5 Å². The molecule has 8 heteroatoms. The number of hydrogen-bond acceptors (Lipinski definition) is 5. The highest BCUT2D eigenvalue weighted by Crippen LogP contribution is 2.13. The normalized spacial score (nSPS) is 11.2. The molecule has 0 spiro atoms. The predicted molar refractivity (Wildman–Crippen MR) is 71.1 cm³/mol. The molecule has 2 rings (SSSR count). The molecular weight excluding hydrogens is 278 g/mol. The first-order valence-corrected chi connectivity index (χ1v) is 7.34. The lowest BCUT2D eigenvalue weighted by atomic mass is 10.2. The van der Waals surface area contributed by atoms with Crippen molar-refractivity contribution in [3.8, 4) is 6.07 Å². The Balaban J connectivity index is 2.06. The van der Waals surface area contributed by atoms with Crippen LogP contribution in [0.5, 0.6) is 0 Å². The predicted octanol–water partition coefficient (Wildman–Crippen LogP) is 0.208. The van der Waals surface area contributed by atoms with E-state index < -0.39 is 10.0 Å². The highest BCUT2D eigenvalue weighted by Gasteiger charge is 2.17. The van der Waals surface area contributed by atoms with E-state index in [1.54, 1.807) is 30.2 Å². The van der Waals surface area contributed by atoms with Gasteiger partial charge in [0.15, 0.2) is 5.82 Å². The molecule has 1 N–H and O–H groups in total. The summed E-state index contributed by atoms with van der Waals surface area (Å²) >= 11 is 0. The molecule has 0 aliphatic carbocycles. The van der Waals surface area contributed by atoms with Crippen molar-refractivity contribution in [1.29, 1.82) is 5.26 Å². The number of benzene rings is 1. The molecule has 0 saturated heterocycles. The van der Waals surface area contributed by atoms with E-state index in [-0.39, 0.29) is 17.0 Å². The van der Waals surface area contributed by atoms with Gasteiger partial charge in [-0.25, -0.2) is 18.1 Å². The maximum Gasteiger partial charge on any atom is 0.241 e. The third-order valence-electron chi connectivity index (χ3n) is 2.58. The third-order valence-corrected chi connectivity index (χ3v) is 4.10. The summed E-state index contributed by atoms with van der Waals surface area (Å²) < 4.78 is 28.2. The molecule has 0 amide bonds. The van der Waals surface area contributed by atoms with E-state index in [9.17, 15) is 8.42 Å². The summed E-state index contributed by atoms with van der Waals surface area (Å²) in [5.41, 5.74) is 0.121. The van der Waals surface area contributed by atoms with Crippen LogP contribution in [0.1, 0.15) is 11.4 Å². The molecule has 2 aromatic rings. The quantitative estimate of drug-likeness (QED) is 0.848. The molecule has 0 aliphatic rings. The highest BCUT2D eigenvalue weighted by atomic mass is 32.2. The molecule has 0 saturated carbocycles. The van der Waals surface area contributed by atoms with Crippen LogP contribution in [0, 0.1) is 11.3 Å². The molecule has 0 aliphatic heterocycles. The van der Waals surface area contributed by atoms with Crippen LogP contribution in [0.4, 0.5) is 0 Å². The maximum atomic E-state index is 12.1. The first-order valence-electron chi connectivity index (χ1n) is 5.86. The molecule has 1 heterocycles. The molecule has 1 aromatic carbocycles. The molecule has 0 unspecified atom stereocenters. The van der Waals surface area contributed by atoms with Gasteiger partial charge in [0.1, 0.15) is 12.4 Å². The van der Waals surface area contributed by atoms with E-state index in [1.165, 1.54) is 12.1 Å². The summed E-state index contributed by atoms with van der Waals surface area (Å²) in [5.74, 6) is 0.559. The average molecular weight is 291 g/mol. The summed E-state index contributed by atoms with van der Waals surface area (Å²) in [7, 11) is -1.96. The maximum absolute atomic E-state index is 12.1. The van der Waals surface area contributed by atoms with E-state index in [1.807, 2.05) is 6.07 Å². The smallest absolute Gasteiger partial charge is 0.241 e. The highest BCUT2D eigenvalue weighted by molar-refractivity contribution is 7.89. The van der Waals surface area contributed by atoms with Crippen molar-refractivity contribution in [2.24, 2.45) is 7.05 Å². The van der Waals surface area contributed by atoms with E-state index >= 15 is 0 Å². The Morgan fingerprint density at radius 1 is 1.40 bits per heavy atom. The van der Waals surface area contributed by atoms with Gasteiger partial charge in [0.2, 0.25) is 10.0 Å². The van der Waals surface area contributed by atoms with Gasteiger partial charge in [-0.1, -0.05) is 12.1 Å². The van der Waals surface area contributed by atoms with Crippen molar-refractivity contribution in [1.82, 2.24) is 19.5 Å². The molecule has 104 valence electrons. The number of rotatable bonds is 5. The van der Waals surface area contributed by atoms with Gasteiger partial charge in [-0.15, -0.1) is 0 Å². The van der Waals surface area contributed by atoms with Crippen LogP contribution in [-0.2, 0) is 23.5 Å². The SMILES string of the molecule is Cn1cnc(CCNS(=O)(=O)c2ccccc2C#N)n1. The second-order valence-electron chi connectivity index (χ2n) is 4.09. The van der Waals surface area contributed by atoms with Gasteiger partial charge >= 0.3 is 0 Å². The molecule has 0 bridgehead atoms. The van der Waals surface area contributed by atoms with Crippen LogP contribution in [0.3, 0.4) is 0 Å². The largest absolute Gasteiger partial charge is 0.256 e. The minimum Gasteiger partial charge on any atom is -0.256 e. The average Bonchev–Trinajstić information content (AvgIpc) is 2.84. The van der Waals surface area contributed by atoms with E-state index in [0.717, 1.165) is 0 Å². The Kier molecular flexibility index (Phi) is 4.12. The first kappa shape index (κ1) is 14.2. The number of aryl methyl sites for hydroxylation is 1. The summed E-state index contributed by atoms with van der Waals surface area (Å²) in [6, 6.07) is 7.94. The van der Waals surface area contributed by atoms with Crippen LogP contribution in [0.25, 0.3) is 0 Å². The minimum absolute atomic E-state index is 0.0171. The summed E-state index contributed by atoms with van der Waals surface area (Å²) in [4.78, 5) is 3.99. The fraction of sp³-hybridized carbons (Fsp3) is 0.250. The molecule has 0 radical (unpaired) electrons. The molecule has 20 heavy (non-hydrogen) atoms. The lowest BCUT2D eigenvalue weighted by Crippen LogP contribution is -2.27. The van der Waals surface area contributed by atoms with Crippen molar-refractivity contribution in [2.75, 3.05) is 6.54 Å². The number of sulfonamides is 1. The van der Waals surface area contributed by atoms with Crippen molar-refractivity contribution < 1.29 is 8.42 Å². The Hall–Kier alpha value is -2.24. The molecule has 7 nitrogen and oxygen atoms in total. The molecular formula is C12H13N5O2S. The minimum atomic E-state index is -3.70. The summed E-state index contributed by atoms with van der Waals surface area (Å²) in [6.45, 7) is 0.173. The van der Waals surface area contributed by atoms with Crippen LogP contribution >= 0.6 is 0 Å². The van der Waals surface area contributed by atoms with E-state index in [4.69, 9.17) is 5.26 Å². The van der Waals surface area contributed by atoms with Crippen molar-refractivity contribution in [3.63, 3.8) is 0 Å². The van der Waals surface area contributed by atoms with Gasteiger partial charge in [-0.2, -0.15) is 10.4 Å². The Labute approximate surface area is 116 Å². The van der Waals surface area contributed by atoms with E-state index in [2.05, 4.69) is 14.8 Å². The zero-order valence-electron chi connectivity index (χ0n) is 10.8. The van der Waals surface area contributed by atoms with E-state index in [0.29, 0.717) is 12.2 Å².